The number of ether oxygens (including phenoxy) is 3. The third kappa shape index (κ3) is 2.43. The molecule has 0 aromatic heterocycles. The molecule has 1 atom stereocenters. The van der Waals surface area contributed by atoms with E-state index in [0.717, 1.165) is 27.0 Å². The number of carbonyl (C=O) groups excluding carboxylic acids is 1. The van der Waals surface area contributed by atoms with E-state index in [0.29, 0.717) is 17.9 Å². The molecular formula is C17H14BrNO4. The van der Waals surface area contributed by atoms with Crippen LogP contribution in [0, 0.1) is 0 Å². The molecule has 2 aliphatic heterocycles. The number of amides is 1. The summed E-state index contributed by atoms with van der Waals surface area (Å²) in [5.74, 6) is 2.00. The van der Waals surface area contributed by atoms with Gasteiger partial charge in [0.1, 0.15) is 5.75 Å². The summed E-state index contributed by atoms with van der Waals surface area (Å²) in [6.07, 6.45) is 0.361. The van der Waals surface area contributed by atoms with Gasteiger partial charge in [-0.3, -0.25) is 4.79 Å². The van der Waals surface area contributed by atoms with Crippen LogP contribution in [0.1, 0.15) is 23.5 Å². The summed E-state index contributed by atoms with van der Waals surface area (Å²) in [5, 5.41) is 2.91. The van der Waals surface area contributed by atoms with Crippen molar-refractivity contribution >= 4 is 27.5 Å². The normalized spacial score (nSPS) is 18.3. The molecule has 0 saturated heterocycles. The van der Waals surface area contributed by atoms with Crippen molar-refractivity contribution in [3.8, 4) is 17.2 Å². The topological polar surface area (TPSA) is 56.8 Å². The van der Waals surface area contributed by atoms with Crippen LogP contribution in [-0.4, -0.2) is 19.8 Å². The van der Waals surface area contributed by atoms with Gasteiger partial charge >= 0.3 is 0 Å². The van der Waals surface area contributed by atoms with Gasteiger partial charge in [-0.15, -0.1) is 0 Å². The minimum Gasteiger partial charge on any atom is -0.496 e. The van der Waals surface area contributed by atoms with E-state index in [4.69, 9.17) is 14.2 Å². The third-order valence-electron chi connectivity index (χ3n) is 4.15. The summed E-state index contributed by atoms with van der Waals surface area (Å²) in [7, 11) is 1.64. The van der Waals surface area contributed by atoms with Gasteiger partial charge in [-0.1, -0.05) is 15.9 Å². The average molecular weight is 376 g/mol. The Bertz CT molecular complexity index is 805. The lowest BCUT2D eigenvalue weighted by atomic mass is 9.84. The molecule has 23 heavy (non-hydrogen) atoms. The molecular weight excluding hydrogens is 362 g/mol. The second-order valence-corrected chi connectivity index (χ2v) is 6.40. The molecule has 4 rings (SSSR count). The van der Waals surface area contributed by atoms with Crippen LogP contribution in [0.25, 0.3) is 0 Å². The Labute approximate surface area is 141 Å². The van der Waals surface area contributed by atoms with Crippen LogP contribution in [0.3, 0.4) is 0 Å². The fourth-order valence-corrected chi connectivity index (χ4v) is 3.48. The van der Waals surface area contributed by atoms with E-state index in [1.54, 1.807) is 7.11 Å². The Morgan fingerprint density at radius 1 is 1.17 bits per heavy atom. The van der Waals surface area contributed by atoms with Crippen molar-refractivity contribution in [3.63, 3.8) is 0 Å². The van der Waals surface area contributed by atoms with Crippen LogP contribution >= 0.6 is 15.9 Å². The number of hydrogen-bond acceptors (Lipinski definition) is 4. The van der Waals surface area contributed by atoms with E-state index in [-0.39, 0.29) is 18.6 Å². The predicted molar refractivity (Wildman–Crippen MR) is 88.3 cm³/mol. The first-order valence-electron chi connectivity index (χ1n) is 7.22. The Kier molecular flexibility index (Phi) is 3.41. The van der Waals surface area contributed by atoms with Crippen LogP contribution in [-0.2, 0) is 4.79 Å². The second kappa shape index (κ2) is 5.45. The van der Waals surface area contributed by atoms with E-state index in [2.05, 4.69) is 21.2 Å². The number of carbonyl (C=O) groups is 1. The maximum absolute atomic E-state index is 12.2. The van der Waals surface area contributed by atoms with Gasteiger partial charge in [0.2, 0.25) is 12.7 Å². The molecule has 118 valence electrons. The van der Waals surface area contributed by atoms with Crippen molar-refractivity contribution in [2.75, 3.05) is 19.2 Å². The number of nitrogens with one attached hydrogen (secondary N) is 1. The number of hydrogen-bond donors (Lipinski definition) is 1. The number of rotatable bonds is 2. The van der Waals surface area contributed by atoms with Gasteiger partial charge in [-0.05, 0) is 29.8 Å². The zero-order valence-electron chi connectivity index (χ0n) is 12.4. The van der Waals surface area contributed by atoms with Crippen LogP contribution in [0.4, 0.5) is 5.69 Å². The first-order chi connectivity index (χ1) is 11.2. The van der Waals surface area contributed by atoms with E-state index in [9.17, 15) is 4.79 Å². The fraction of sp³-hybridized carbons (Fsp3) is 0.235. The van der Waals surface area contributed by atoms with Crippen molar-refractivity contribution in [1.29, 1.82) is 0 Å². The number of benzene rings is 2. The van der Waals surface area contributed by atoms with Gasteiger partial charge in [-0.2, -0.15) is 0 Å². The molecule has 2 aromatic carbocycles. The number of anilines is 1. The summed E-state index contributed by atoms with van der Waals surface area (Å²) in [6, 6.07) is 9.59. The number of methoxy groups -OCH3 is 1. The van der Waals surface area contributed by atoms with Gasteiger partial charge in [0.25, 0.3) is 0 Å². The highest BCUT2D eigenvalue weighted by atomic mass is 79.9. The van der Waals surface area contributed by atoms with Crippen molar-refractivity contribution in [3.05, 3.63) is 45.9 Å². The van der Waals surface area contributed by atoms with E-state index < -0.39 is 0 Å². The summed E-state index contributed by atoms with van der Waals surface area (Å²) < 4.78 is 17.3. The van der Waals surface area contributed by atoms with E-state index >= 15 is 0 Å². The molecule has 1 amide bonds. The molecule has 0 spiro atoms. The largest absolute Gasteiger partial charge is 0.496 e. The van der Waals surface area contributed by atoms with Crippen LogP contribution in [0.15, 0.2) is 34.8 Å². The Morgan fingerprint density at radius 2 is 1.96 bits per heavy atom. The molecule has 5 nitrogen and oxygen atoms in total. The summed E-state index contributed by atoms with van der Waals surface area (Å²) >= 11 is 3.50. The van der Waals surface area contributed by atoms with Crippen molar-refractivity contribution in [1.82, 2.24) is 0 Å². The van der Waals surface area contributed by atoms with Crippen molar-refractivity contribution < 1.29 is 19.0 Å². The van der Waals surface area contributed by atoms with Crippen LogP contribution in [0.2, 0.25) is 0 Å². The van der Waals surface area contributed by atoms with E-state index in [1.165, 1.54) is 0 Å². The lowest BCUT2D eigenvalue weighted by Crippen LogP contribution is -2.23. The van der Waals surface area contributed by atoms with Gasteiger partial charge in [0.05, 0.1) is 7.11 Å². The fourth-order valence-electron chi connectivity index (χ4n) is 3.11. The maximum atomic E-state index is 12.2. The molecule has 0 radical (unpaired) electrons. The molecule has 0 bridgehead atoms. The molecule has 0 fully saturated rings. The molecule has 2 aliphatic rings. The molecule has 2 aromatic rings. The van der Waals surface area contributed by atoms with Crippen molar-refractivity contribution in [2.24, 2.45) is 0 Å². The highest BCUT2D eigenvalue weighted by Crippen LogP contribution is 2.46. The first kappa shape index (κ1) is 14.4. The Hall–Kier alpha value is -2.21. The number of fused-ring (bicyclic) bond motifs is 2. The van der Waals surface area contributed by atoms with Gasteiger partial charge in [-0.25, -0.2) is 0 Å². The summed E-state index contributed by atoms with van der Waals surface area (Å²) in [4.78, 5) is 12.2. The summed E-state index contributed by atoms with van der Waals surface area (Å²) in [6.45, 7) is 0.205. The monoisotopic (exact) mass is 375 g/mol. The molecule has 0 aliphatic carbocycles. The maximum Gasteiger partial charge on any atom is 0.231 e. The molecule has 0 saturated carbocycles. The van der Waals surface area contributed by atoms with Crippen LogP contribution < -0.4 is 19.5 Å². The van der Waals surface area contributed by atoms with Gasteiger partial charge < -0.3 is 19.5 Å². The Balaban J connectivity index is 1.88. The second-order valence-electron chi connectivity index (χ2n) is 5.48. The molecule has 6 heteroatoms. The predicted octanol–water partition coefficient (Wildman–Crippen LogP) is 3.66. The molecule has 1 unspecified atom stereocenters. The van der Waals surface area contributed by atoms with Crippen LogP contribution in [0.5, 0.6) is 17.2 Å². The summed E-state index contributed by atoms with van der Waals surface area (Å²) in [5.41, 5.74) is 2.74. The third-order valence-corrected chi connectivity index (χ3v) is 4.64. The van der Waals surface area contributed by atoms with Crippen molar-refractivity contribution in [2.45, 2.75) is 12.3 Å². The van der Waals surface area contributed by atoms with Gasteiger partial charge in [0, 0.05) is 34.1 Å². The van der Waals surface area contributed by atoms with E-state index in [1.807, 2.05) is 30.3 Å². The molecule has 1 N–H and O–H groups in total. The Morgan fingerprint density at radius 3 is 2.74 bits per heavy atom. The quantitative estimate of drug-likeness (QED) is 0.869. The molecule has 2 heterocycles. The average Bonchev–Trinajstić information content (AvgIpc) is 2.99. The minimum absolute atomic E-state index is 0.0246. The lowest BCUT2D eigenvalue weighted by Gasteiger charge is -2.27. The zero-order chi connectivity index (χ0) is 16.0. The highest BCUT2D eigenvalue weighted by molar-refractivity contribution is 9.10. The smallest absolute Gasteiger partial charge is 0.231 e. The minimum atomic E-state index is -0.0966. The standard InChI is InChI=1S/C17H14BrNO4/c1-21-14-3-2-9(18)4-12(14)10-6-17(20)19-13-7-16-15(5-11(10)13)22-8-23-16/h2-5,7,10H,6,8H2,1H3,(H,19,20). The van der Waals surface area contributed by atoms with Gasteiger partial charge in [0.15, 0.2) is 11.5 Å². The first-order valence-corrected chi connectivity index (χ1v) is 8.02. The SMILES string of the molecule is COc1ccc(Br)cc1C1CC(=O)Nc2cc3c(cc21)OCO3. The lowest BCUT2D eigenvalue weighted by molar-refractivity contribution is -0.116. The zero-order valence-corrected chi connectivity index (χ0v) is 14.0. The highest BCUT2D eigenvalue weighted by Gasteiger charge is 2.31. The number of halogens is 1.